The summed E-state index contributed by atoms with van der Waals surface area (Å²) in [5, 5.41) is 268. The number of rotatable bonds is 4. The lowest BCUT2D eigenvalue weighted by Crippen LogP contribution is -2.62. The molecule has 0 aliphatic carbocycles. The lowest BCUT2D eigenvalue weighted by molar-refractivity contribution is -0.324. The number of benzene rings is 8. The van der Waals surface area contributed by atoms with Crippen LogP contribution in [0.4, 0.5) is 0 Å². The molecule has 14 rings (SSSR count). The van der Waals surface area contributed by atoms with Gasteiger partial charge in [-0.2, -0.15) is 0 Å². The highest BCUT2D eigenvalue weighted by molar-refractivity contribution is 6.11. The predicted molar refractivity (Wildman–Crippen MR) is 339 cm³/mol. The van der Waals surface area contributed by atoms with Crippen molar-refractivity contribution in [1.29, 1.82) is 0 Å². The normalized spacial score (nSPS) is 21.4. The summed E-state index contributed by atoms with van der Waals surface area (Å²) >= 11 is 0. The molecule has 0 saturated carbocycles. The fourth-order valence-corrected chi connectivity index (χ4v) is 12.0. The van der Waals surface area contributed by atoms with E-state index >= 15 is 19.2 Å². The lowest BCUT2D eigenvalue weighted by atomic mass is 9.91. The van der Waals surface area contributed by atoms with Crippen molar-refractivity contribution in [1.82, 2.24) is 0 Å². The number of ether oxygens (including phenoxy) is 12. The number of phenols is 22. The summed E-state index contributed by atoms with van der Waals surface area (Å²) in [6, 6.07) is 2.79. The lowest BCUT2D eigenvalue weighted by Gasteiger charge is -2.42. The van der Waals surface area contributed by atoms with Crippen molar-refractivity contribution >= 4 is 47.8 Å². The van der Waals surface area contributed by atoms with Crippen LogP contribution in [0.1, 0.15) is 82.9 Å². The van der Waals surface area contributed by atoms with Crippen LogP contribution in [0.15, 0.2) is 60.7 Å². The first-order valence-corrected chi connectivity index (χ1v) is 30.7. The summed E-state index contributed by atoms with van der Waals surface area (Å²) in [6.07, 6.45) is -28.8. The SMILES string of the molecule is O=C(O[C@@H]1[C@H]2OC(=O)c3cc(O)c(O)c(O)c3Oc3cc4c(c(O)c3O)-c3c(cc(O)c(O)c3O)C(=O)O[C@@H]3[C@@H](OC4=O)O[C@@H](O)[C@H](OC(=O)c4cc(O)c(O)c(O)c4Oc4cc5c(c(O)c4O)-c4c(cc(O)c(O)c4O)C(=O)OC[C@@H](O[C@H]2O)[C@H]1OC5=O)[C@H]3OC(=O)c1cc(O)c(O)c(O)c1)c1cc(O)c(O)c(O)c1. The first-order valence-electron chi connectivity index (χ1n) is 30.7. The number of carbonyl (C=O) groups is 8. The van der Waals surface area contributed by atoms with Gasteiger partial charge < -0.3 is 179 Å². The third kappa shape index (κ3) is 12.2. The van der Waals surface area contributed by atoms with Crippen molar-refractivity contribution in [3.05, 3.63) is 105 Å². The van der Waals surface area contributed by atoms with Gasteiger partial charge in [0.1, 0.15) is 23.8 Å². The summed E-state index contributed by atoms with van der Waals surface area (Å²) in [5.74, 6) is -57.3. The number of aliphatic hydroxyl groups excluding tert-OH is 2. The van der Waals surface area contributed by atoms with E-state index < -0.39 is 332 Å². The standard InChI is InChI=1S/C67H46O44/c68-20-1-12(2-21(69)35(20)76)57(90)105-52-51-30-11-100-59(92)14-5-24(72)37(78)43(84)31(14)33-16(61(94)104-51)9-28(41(82)45(33)86)101-50-19(8-27(75)40(81)48(50)89)64(97)108-55-53(106-58(91)13-3-22(70)36(77)23(71)4-13)56-67(111-66(55)99)110-62(95)17-10-29(42(83)46(87)34(17)32-15(60(93)109-56)6-25(73)38(79)44(32)85)102-49-18(7-26(74)39(80)47(49)88)63(96)107-54(52)65(98)103-30/h1-10,30,51-56,65-89,98-99H,11H2/t30-,51-,52+,53-,54-,55-,56+,65-,66-,67+/m1/s1. The molecule has 6 heterocycles. The van der Waals surface area contributed by atoms with Gasteiger partial charge in [-0.05, 0) is 36.4 Å². The molecule has 10 atom stereocenters. The number of aliphatic hydroxyl groups is 2. The number of esters is 8. The van der Waals surface area contributed by atoms with E-state index in [1.165, 1.54) is 0 Å². The number of aromatic hydroxyl groups is 22. The number of hydrogen-bond donors (Lipinski definition) is 24. The van der Waals surface area contributed by atoms with E-state index in [9.17, 15) is 142 Å². The van der Waals surface area contributed by atoms with E-state index in [1.807, 2.05) is 0 Å². The smallest absolute Gasteiger partial charge is 0.342 e. The van der Waals surface area contributed by atoms with Gasteiger partial charge in [0.25, 0.3) is 0 Å². The third-order valence-electron chi connectivity index (χ3n) is 17.4. The molecule has 24 N–H and O–H groups in total. The topological polar surface area (TPSA) is 733 Å². The van der Waals surface area contributed by atoms with Crippen molar-refractivity contribution < 1.29 is 218 Å². The maximum absolute atomic E-state index is 15.5. The van der Waals surface area contributed by atoms with Crippen molar-refractivity contribution in [3.63, 3.8) is 0 Å². The Morgan fingerprint density at radius 1 is 0.306 bits per heavy atom. The van der Waals surface area contributed by atoms with E-state index in [1.54, 1.807) is 0 Å². The first-order chi connectivity index (χ1) is 52.3. The van der Waals surface area contributed by atoms with Gasteiger partial charge in [0, 0.05) is 46.5 Å². The minimum absolute atomic E-state index is 0.129. The molecule has 2 saturated heterocycles. The van der Waals surface area contributed by atoms with Crippen molar-refractivity contribution in [2.45, 2.75) is 61.6 Å². The second-order valence-corrected chi connectivity index (χ2v) is 24.1. The second kappa shape index (κ2) is 26.9. The fourth-order valence-electron chi connectivity index (χ4n) is 12.0. The molecule has 44 heteroatoms. The third-order valence-corrected chi connectivity index (χ3v) is 17.4. The van der Waals surface area contributed by atoms with Crippen LogP contribution in [0.3, 0.4) is 0 Å². The summed E-state index contributed by atoms with van der Waals surface area (Å²) in [6.45, 7) is -1.46. The van der Waals surface area contributed by atoms with Gasteiger partial charge in [-0.15, -0.1) is 0 Å². The van der Waals surface area contributed by atoms with Crippen molar-refractivity contribution in [2.24, 2.45) is 0 Å². The van der Waals surface area contributed by atoms with Gasteiger partial charge >= 0.3 is 47.8 Å². The fraction of sp³-hybridized carbons (Fsp3) is 0.164. The minimum atomic E-state index is -3.08. The van der Waals surface area contributed by atoms with Gasteiger partial charge in [-0.3, -0.25) is 0 Å². The zero-order valence-electron chi connectivity index (χ0n) is 54.2. The number of hydrogen-bond acceptors (Lipinski definition) is 44. The zero-order valence-corrected chi connectivity index (χ0v) is 54.2. The summed E-state index contributed by atoms with van der Waals surface area (Å²) in [5.41, 5.74) is -16.2. The van der Waals surface area contributed by atoms with Gasteiger partial charge in [-0.25, -0.2) is 38.4 Å². The van der Waals surface area contributed by atoms with Crippen LogP contribution in [-0.4, -0.2) is 239 Å². The summed E-state index contributed by atoms with van der Waals surface area (Å²) < 4.78 is 67.1. The van der Waals surface area contributed by atoms with Crippen molar-refractivity contribution in [3.8, 4) is 172 Å². The number of carbonyl (C=O) groups excluding carboxylic acids is 8. The average Bonchev–Trinajstić information content (AvgIpc) is 1.43. The molecule has 44 nitrogen and oxygen atoms in total. The summed E-state index contributed by atoms with van der Waals surface area (Å²) in [7, 11) is 0. The molecule has 9 bridgehead atoms. The zero-order chi connectivity index (χ0) is 80.6. The largest absolute Gasteiger partial charge is 0.504 e. The number of phenolic OH excluding ortho intramolecular Hbond substituents is 22. The Morgan fingerprint density at radius 2 is 0.604 bits per heavy atom. The highest BCUT2D eigenvalue weighted by atomic mass is 16.8. The van der Waals surface area contributed by atoms with Gasteiger partial charge in [-0.1, -0.05) is 0 Å². The van der Waals surface area contributed by atoms with Crippen LogP contribution in [-0.2, 0) is 47.4 Å². The molecule has 6 aliphatic rings. The predicted octanol–water partition coefficient (Wildman–Crippen LogP) is 2.13. The van der Waals surface area contributed by atoms with Crippen LogP contribution in [0.5, 0.6) is 149 Å². The molecule has 8 aromatic rings. The molecular formula is C67H46O44. The molecule has 6 aliphatic heterocycles. The van der Waals surface area contributed by atoms with Gasteiger partial charge in [0.2, 0.25) is 58.4 Å². The molecule has 2 fully saturated rings. The van der Waals surface area contributed by atoms with E-state index in [4.69, 9.17) is 56.8 Å². The maximum atomic E-state index is 15.5. The Balaban J connectivity index is 1.08. The Morgan fingerprint density at radius 3 is 1.01 bits per heavy atom. The van der Waals surface area contributed by atoms with Crippen LogP contribution >= 0.6 is 0 Å². The monoisotopic (exact) mass is 1550 g/mol. The maximum Gasteiger partial charge on any atom is 0.342 e. The second-order valence-electron chi connectivity index (χ2n) is 24.1. The van der Waals surface area contributed by atoms with Crippen LogP contribution in [0, 0.1) is 0 Å². The molecule has 0 amide bonds. The van der Waals surface area contributed by atoms with Gasteiger partial charge in [0.15, 0.2) is 147 Å². The quantitative estimate of drug-likeness (QED) is 0.0681. The minimum Gasteiger partial charge on any atom is -0.504 e. The van der Waals surface area contributed by atoms with E-state index in [0.717, 1.165) is 0 Å². The molecule has 0 aromatic heterocycles. The Labute approximate surface area is 608 Å². The van der Waals surface area contributed by atoms with E-state index in [0.29, 0.717) is 30.3 Å². The Hall–Kier alpha value is -15.4. The molecule has 111 heavy (non-hydrogen) atoms. The molecule has 8 aromatic carbocycles. The van der Waals surface area contributed by atoms with Crippen LogP contribution < -0.4 is 9.47 Å². The van der Waals surface area contributed by atoms with Crippen molar-refractivity contribution in [2.75, 3.05) is 6.61 Å². The van der Waals surface area contributed by atoms with Gasteiger partial charge in [0.05, 0.1) is 33.4 Å². The average molecular weight is 1560 g/mol. The van der Waals surface area contributed by atoms with E-state index in [-0.39, 0.29) is 30.3 Å². The highest BCUT2D eigenvalue weighted by Gasteiger charge is 2.57. The Kier molecular flexibility index (Phi) is 17.9. The first kappa shape index (κ1) is 73.9. The number of cyclic esters (lactones) is 1. The molecule has 0 radical (unpaired) electrons. The van der Waals surface area contributed by atoms with Crippen LogP contribution in [0.25, 0.3) is 22.3 Å². The summed E-state index contributed by atoms with van der Waals surface area (Å²) in [4.78, 5) is 119. The number of fused-ring (bicyclic) bond motifs is 7. The molecule has 0 spiro atoms. The molecule has 0 unspecified atom stereocenters. The highest BCUT2D eigenvalue weighted by Crippen LogP contribution is 2.59. The van der Waals surface area contributed by atoms with E-state index in [2.05, 4.69) is 0 Å². The Bertz CT molecular complexity index is 5400. The molecular weight excluding hydrogens is 1510 g/mol. The molecule has 578 valence electrons. The van der Waals surface area contributed by atoms with Crippen LogP contribution in [0.2, 0.25) is 0 Å².